The highest BCUT2D eigenvalue weighted by atomic mass is 16.2. The van der Waals surface area contributed by atoms with Crippen molar-refractivity contribution < 1.29 is 9.59 Å². The lowest BCUT2D eigenvalue weighted by Gasteiger charge is -2.58. The van der Waals surface area contributed by atoms with Gasteiger partial charge in [-0.25, -0.2) is 0 Å². The third kappa shape index (κ3) is 4.90. The van der Waals surface area contributed by atoms with Crippen molar-refractivity contribution in [2.75, 3.05) is 23.7 Å². The third-order valence-corrected chi connectivity index (χ3v) is 8.95. The Morgan fingerprint density at radius 1 is 0.605 bits per heavy atom. The first kappa shape index (κ1) is 26.6. The molecular formula is C32H44N4O2. The maximum Gasteiger partial charge on any atom is 0.257 e. The quantitative estimate of drug-likeness (QED) is 0.327. The highest BCUT2D eigenvalue weighted by molar-refractivity contribution is 6.03. The Hall–Kier alpha value is -3.02. The number of nitrogens with zero attached hydrogens (tertiary/aromatic N) is 2. The van der Waals surface area contributed by atoms with E-state index in [0.717, 1.165) is 87.0 Å². The lowest BCUT2D eigenvalue weighted by Crippen LogP contribution is -2.68. The van der Waals surface area contributed by atoms with Crippen LogP contribution in [-0.4, -0.2) is 46.0 Å². The fraction of sp³-hybridized carbons (Fsp3) is 0.562. The van der Waals surface area contributed by atoms with Crippen molar-refractivity contribution in [1.29, 1.82) is 0 Å². The maximum absolute atomic E-state index is 13.8. The highest BCUT2D eigenvalue weighted by Crippen LogP contribution is 2.47. The third-order valence-electron chi connectivity index (χ3n) is 8.95. The number of rotatable bonds is 10. The van der Waals surface area contributed by atoms with Crippen LogP contribution in [0.1, 0.15) is 112 Å². The molecule has 0 radical (unpaired) electrons. The van der Waals surface area contributed by atoms with Gasteiger partial charge >= 0.3 is 0 Å². The van der Waals surface area contributed by atoms with Crippen LogP contribution in [0.4, 0.5) is 11.4 Å². The number of amides is 2. The molecule has 2 aromatic rings. The molecule has 204 valence electrons. The molecule has 1 fully saturated rings. The molecule has 0 aromatic heterocycles. The molecule has 3 aliphatic rings. The average molecular weight is 517 g/mol. The number of unbranched alkanes of at least 4 members (excludes halogenated alkanes) is 6. The molecule has 1 saturated carbocycles. The van der Waals surface area contributed by atoms with Gasteiger partial charge in [0.25, 0.3) is 11.8 Å². The molecule has 0 unspecified atom stereocenters. The first-order valence-corrected chi connectivity index (χ1v) is 14.9. The van der Waals surface area contributed by atoms with Crippen molar-refractivity contribution in [2.45, 2.75) is 102 Å². The van der Waals surface area contributed by atoms with E-state index in [9.17, 15) is 9.59 Å². The molecule has 6 heteroatoms. The van der Waals surface area contributed by atoms with Crippen LogP contribution in [0.25, 0.3) is 0 Å². The zero-order valence-electron chi connectivity index (χ0n) is 23.2. The summed E-state index contributed by atoms with van der Waals surface area (Å²) in [6, 6.07) is 15.9. The molecule has 38 heavy (non-hydrogen) atoms. The van der Waals surface area contributed by atoms with Crippen LogP contribution in [0.2, 0.25) is 0 Å². The highest BCUT2D eigenvalue weighted by Gasteiger charge is 2.54. The molecule has 2 aromatic carbocycles. The number of para-hydroxylation sites is 2. The van der Waals surface area contributed by atoms with Crippen molar-refractivity contribution in [3.63, 3.8) is 0 Å². The molecule has 2 amide bonds. The molecule has 0 bridgehead atoms. The van der Waals surface area contributed by atoms with Crippen LogP contribution in [-0.2, 0) is 0 Å². The normalized spacial score (nSPS) is 24.3. The first-order chi connectivity index (χ1) is 18.5. The van der Waals surface area contributed by atoms with E-state index in [4.69, 9.17) is 0 Å². The predicted molar refractivity (Wildman–Crippen MR) is 154 cm³/mol. The standard InChI is InChI=1S/C32H44N4O2/c1-3-5-7-13-23-35-29(37)25-15-9-11-17-27(25)33-31(35)19-21-32(22-20-31)34-28-18-12-10-16-26(28)30(38)36(32)24-14-8-6-4-2/h9-12,15-18,33-34H,3-8,13-14,19-24H2,1-2H3. The van der Waals surface area contributed by atoms with Crippen LogP contribution in [0.3, 0.4) is 0 Å². The molecule has 2 spiro atoms. The Labute approximate surface area is 228 Å². The summed E-state index contributed by atoms with van der Waals surface area (Å²) in [7, 11) is 0. The summed E-state index contributed by atoms with van der Waals surface area (Å²) < 4.78 is 0. The number of anilines is 2. The first-order valence-electron chi connectivity index (χ1n) is 14.9. The van der Waals surface area contributed by atoms with Crippen LogP contribution in [0.5, 0.6) is 0 Å². The minimum Gasteiger partial charge on any atom is -0.362 e. The predicted octanol–water partition coefficient (Wildman–Crippen LogP) is 7.25. The number of carbonyl (C=O) groups is 2. The number of hydrogen-bond donors (Lipinski definition) is 2. The van der Waals surface area contributed by atoms with E-state index < -0.39 is 11.3 Å². The summed E-state index contributed by atoms with van der Waals surface area (Å²) in [5.74, 6) is 0.280. The summed E-state index contributed by atoms with van der Waals surface area (Å²) in [6.07, 6.45) is 12.3. The fourth-order valence-corrected chi connectivity index (χ4v) is 6.76. The van der Waals surface area contributed by atoms with E-state index in [1.165, 1.54) is 25.7 Å². The van der Waals surface area contributed by atoms with Crippen molar-refractivity contribution >= 4 is 23.2 Å². The smallest absolute Gasteiger partial charge is 0.257 e. The van der Waals surface area contributed by atoms with Gasteiger partial charge in [0, 0.05) is 24.5 Å². The summed E-state index contributed by atoms with van der Waals surface area (Å²) >= 11 is 0. The van der Waals surface area contributed by atoms with E-state index in [1.807, 2.05) is 48.5 Å². The van der Waals surface area contributed by atoms with E-state index in [2.05, 4.69) is 34.3 Å². The maximum atomic E-state index is 13.8. The fourth-order valence-electron chi connectivity index (χ4n) is 6.76. The van der Waals surface area contributed by atoms with Crippen molar-refractivity contribution in [1.82, 2.24) is 9.80 Å². The number of carbonyl (C=O) groups excluding carboxylic acids is 2. The molecule has 0 atom stereocenters. The van der Waals surface area contributed by atoms with Crippen molar-refractivity contribution in [3.05, 3.63) is 59.7 Å². The zero-order valence-corrected chi connectivity index (χ0v) is 23.2. The van der Waals surface area contributed by atoms with E-state index in [0.29, 0.717) is 0 Å². The second kappa shape index (κ2) is 11.4. The number of fused-ring (bicyclic) bond motifs is 2. The number of hydrogen-bond acceptors (Lipinski definition) is 4. The molecule has 2 N–H and O–H groups in total. The van der Waals surface area contributed by atoms with Crippen LogP contribution in [0.15, 0.2) is 48.5 Å². The Morgan fingerprint density at radius 3 is 1.39 bits per heavy atom. The van der Waals surface area contributed by atoms with Gasteiger partial charge in [-0.1, -0.05) is 76.6 Å². The molecule has 2 heterocycles. The van der Waals surface area contributed by atoms with Gasteiger partial charge in [-0.3, -0.25) is 9.59 Å². The van der Waals surface area contributed by atoms with Crippen LogP contribution >= 0.6 is 0 Å². The van der Waals surface area contributed by atoms with Gasteiger partial charge in [0.2, 0.25) is 0 Å². The van der Waals surface area contributed by atoms with Gasteiger partial charge in [0.05, 0.1) is 11.1 Å². The summed E-state index contributed by atoms with van der Waals surface area (Å²) in [6.45, 7) is 5.97. The van der Waals surface area contributed by atoms with Crippen LogP contribution < -0.4 is 10.6 Å². The molecule has 0 saturated heterocycles. The Bertz CT molecular complexity index is 1050. The van der Waals surface area contributed by atoms with Gasteiger partial charge in [-0.2, -0.15) is 0 Å². The molecule has 6 nitrogen and oxygen atoms in total. The lowest BCUT2D eigenvalue weighted by atomic mass is 9.76. The van der Waals surface area contributed by atoms with Crippen molar-refractivity contribution in [3.8, 4) is 0 Å². The number of nitrogens with one attached hydrogen (secondary N) is 2. The molecular weight excluding hydrogens is 472 g/mol. The second-order valence-corrected chi connectivity index (χ2v) is 11.4. The Morgan fingerprint density at radius 2 is 1.00 bits per heavy atom. The van der Waals surface area contributed by atoms with Gasteiger partial charge < -0.3 is 20.4 Å². The van der Waals surface area contributed by atoms with E-state index in [1.54, 1.807) is 0 Å². The summed E-state index contributed by atoms with van der Waals surface area (Å²) in [4.78, 5) is 31.9. The topological polar surface area (TPSA) is 64.7 Å². The minimum atomic E-state index is -0.418. The van der Waals surface area contributed by atoms with E-state index >= 15 is 0 Å². The largest absolute Gasteiger partial charge is 0.362 e. The van der Waals surface area contributed by atoms with E-state index in [-0.39, 0.29) is 11.8 Å². The average Bonchev–Trinajstić information content (AvgIpc) is 2.94. The van der Waals surface area contributed by atoms with Gasteiger partial charge in [0.15, 0.2) is 0 Å². The van der Waals surface area contributed by atoms with Crippen LogP contribution in [0, 0.1) is 0 Å². The lowest BCUT2D eigenvalue weighted by molar-refractivity contribution is -0.0000240. The minimum absolute atomic E-state index is 0.140. The monoisotopic (exact) mass is 516 g/mol. The van der Waals surface area contributed by atoms with Gasteiger partial charge in [-0.15, -0.1) is 0 Å². The second-order valence-electron chi connectivity index (χ2n) is 11.4. The Balaban J connectivity index is 1.42. The zero-order chi connectivity index (χ0) is 26.6. The SMILES string of the molecule is CCCCCCN1C(=O)c2ccccc2NC12CCC1(CC2)Nc2ccccc2C(=O)N1CCCCCC. The molecule has 5 rings (SSSR count). The molecule has 2 aliphatic heterocycles. The number of benzene rings is 2. The van der Waals surface area contributed by atoms with Crippen molar-refractivity contribution in [2.24, 2.45) is 0 Å². The summed E-state index contributed by atoms with van der Waals surface area (Å²) in [5, 5.41) is 7.67. The Kier molecular flexibility index (Phi) is 7.96. The molecule has 1 aliphatic carbocycles. The van der Waals surface area contributed by atoms with Gasteiger partial charge in [-0.05, 0) is 62.8 Å². The van der Waals surface area contributed by atoms with Gasteiger partial charge in [0.1, 0.15) is 11.3 Å². The summed E-state index contributed by atoms with van der Waals surface area (Å²) in [5.41, 5.74) is 2.58.